The molecule has 0 radical (unpaired) electrons. The van der Waals surface area contributed by atoms with Crippen LogP contribution < -0.4 is 5.32 Å². The fourth-order valence-corrected chi connectivity index (χ4v) is 1.83. The molecule has 1 fully saturated rings. The molecule has 0 amide bonds. The Morgan fingerprint density at radius 2 is 2.25 bits per heavy atom. The van der Waals surface area contributed by atoms with Gasteiger partial charge in [0.1, 0.15) is 11.9 Å². The Balaban J connectivity index is 2.32. The number of nitrogens with zero attached hydrogens (tertiary/aromatic N) is 2. The van der Waals surface area contributed by atoms with Crippen LogP contribution in [0.25, 0.3) is 0 Å². The monoisotopic (exact) mass is 221 g/mol. The van der Waals surface area contributed by atoms with Gasteiger partial charge >= 0.3 is 0 Å². The molecule has 0 spiro atoms. The molecule has 1 unspecified atom stereocenters. The second-order valence-electron chi connectivity index (χ2n) is 4.44. The Morgan fingerprint density at radius 1 is 1.44 bits per heavy atom. The molecule has 16 heavy (non-hydrogen) atoms. The third-order valence-corrected chi connectivity index (χ3v) is 2.83. The first-order valence-corrected chi connectivity index (χ1v) is 5.89. The normalized spacial score (nSPS) is 20.4. The predicted molar refractivity (Wildman–Crippen MR) is 63.6 cm³/mol. The molecule has 0 aliphatic carbocycles. The summed E-state index contributed by atoms with van der Waals surface area (Å²) in [6.45, 7) is 5.11. The highest BCUT2D eigenvalue weighted by atomic mass is 16.5. The fourth-order valence-electron chi connectivity index (χ4n) is 1.83. The van der Waals surface area contributed by atoms with Crippen molar-refractivity contribution in [1.82, 2.24) is 9.97 Å². The lowest BCUT2D eigenvalue weighted by Crippen LogP contribution is -2.08. The van der Waals surface area contributed by atoms with Crippen LogP contribution in [-0.4, -0.2) is 23.6 Å². The second kappa shape index (κ2) is 4.78. The van der Waals surface area contributed by atoms with Crippen LogP contribution in [0.5, 0.6) is 0 Å². The number of rotatable bonds is 3. The van der Waals surface area contributed by atoms with Crippen molar-refractivity contribution < 1.29 is 4.74 Å². The largest absolute Gasteiger partial charge is 0.373 e. The van der Waals surface area contributed by atoms with Crippen molar-refractivity contribution in [3.63, 3.8) is 0 Å². The highest BCUT2D eigenvalue weighted by molar-refractivity contribution is 5.36. The molecule has 1 aromatic heterocycles. The summed E-state index contributed by atoms with van der Waals surface area (Å²) in [5.74, 6) is 2.12. The van der Waals surface area contributed by atoms with Crippen LogP contribution in [0.15, 0.2) is 6.07 Å². The summed E-state index contributed by atoms with van der Waals surface area (Å²) in [5.41, 5.74) is 1.07. The number of nitrogens with one attached hydrogen (secondary N) is 1. The van der Waals surface area contributed by atoms with Gasteiger partial charge < -0.3 is 10.1 Å². The van der Waals surface area contributed by atoms with Gasteiger partial charge in [0.15, 0.2) is 5.82 Å². The zero-order chi connectivity index (χ0) is 11.5. The quantitative estimate of drug-likeness (QED) is 0.851. The summed E-state index contributed by atoms with van der Waals surface area (Å²) in [6, 6.07) is 2.00. The van der Waals surface area contributed by atoms with E-state index in [1.807, 2.05) is 13.1 Å². The molecular weight excluding hydrogens is 202 g/mol. The highest BCUT2D eigenvalue weighted by Gasteiger charge is 2.21. The molecule has 0 saturated carbocycles. The second-order valence-corrected chi connectivity index (χ2v) is 4.44. The summed E-state index contributed by atoms with van der Waals surface area (Å²) < 4.78 is 5.62. The van der Waals surface area contributed by atoms with E-state index in [2.05, 4.69) is 29.1 Å². The van der Waals surface area contributed by atoms with Gasteiger partial charge in [-0.1, -0.05) is 13.8 Å². The van der Waals surface area contributed by atoms with Gasteiger partial charge in [0, 0.05) is 25.4 Å². The van der Waals surface area contributed by atoms with E-state index >= 15 is 0 Å². The van der Waals surface area contributed by atoms with Crippen molar-refractivity contribution >= 4 is 5.82 Å². The average molecular weight is 221 g/mol. The van der Waals surface area contributed by atoms with Gasteiger partial charge in [-0.2, -0.15) is 0 Å². The van der Waals surface area contributed by atoms with Gasteiger partial charge in [-0.15, -0.1) is 0 Å². The SMILES string of the molecule is CNc1cc(C(C)C)nc(C2CCCO2)n1. The Hall–Kier alpha value is -1.16. The molecule has 1 aromatic rings. The van der Waals surface area contributed by atoms with Crippen molar-refractivity contribution in [2.45, 2.75) is 38.7 Å². The lowest BCUT2D eigenvalue weighted by Gasteiger charge is -2.13. The smallest absolute Gasteiger partial charge is 0.159 e. The molecule has 1 aliphatic rings. The third kappa shape index (κ3) is 2.32. The minimum Gasteiger partial charge on any atom is -0.373 e. The first-order valence-electron chi connectivity index (χ1n) is 5.89. The lowest BCUT2D eigenvalue weighted by atomic mass is 10.1. The van der Waals surface area contributed by atoms with Crippen molar-refractivity contribution in [2.24, 2.45) is 0 Å². The predicted octanol–water partition coefficient (Wildman–Crippen LogP) is 2.49. The van der Waals surface area contributed by atoms with Gasteiger partial charge in [0.05, 0.1) is 0 Å². The van der Waals surface area contributed by atoms with Crippen LogP contribution in [0.2, 0.25) is 0 Å². The van der Waals surface area contributed by atoms with Crippen LogP contribution in [0.1, 0.15) is 50.2 Å². The summed E-state index contributed by atoms with van der Waals surface area (Å²) in [5, 5.41) is 3.08. The van der Waals surface area contributed by atoms with Crippen LogP contribution in [0, 0.1) is 0 Å². The average Bonchev–Trinajstić information content (AvgIpc) is 2.81. The van der Waals surface area contributed by atoms with Crippen LogP contribution >= 0.6 is 0 Å². The molecule has 2 rings (SSSR count). The number of ether oxygens (including phenoxy) is 1. The fraction of sp³-hybridized carbons (Fsp3) is 0.667. The molecule has 0 aromatic carbocycles. The molecular formula is C12H19N3O. The highest BCUT2D eigenvalue weighted by Crippen LogP contribution is 2.28. The number of aromatic nitrogens is 2. The molecule has 4 nitrogen and oxygen atoms in total. The molecule has 4 heteroatoms. The Labute approximate surface area is 96.4 Å². The van der Waals surface area contributed by atoms with Crippen LogP contribution in [-0.2, 0) is 4.74 Å². The van der Waals surface area contributed by atoms with Crippen LogP contribution in [0.3, 0.4) is 0 Å². The van der Waals surface area contributed by atoms with E-state index in [1.165, 1.54) is 0 Å². The third-order valence-electron chi connectivity index (χ3n) is 2.83. The lowest BCUT2D eigenvalue weighted by molar-refractivity contribution is 0.105. The molecule has 88 valence electrons. The van der Waals surface area contributed by atoms with Gasteiger partial charge in [0.25, 0.3) is 0 Å². The molecule has 1 saturated heterocycles. The van der Waals surface area contributed by atoms with E-state index in [0.717, 1.165) is 36.8 Å². The molecule has 1 N–H and O–H groups in total. The first kappa shape index (κ1) is 11.3. The van der Waals surface area contributed by atoms with Gasteiger partial charge in [-0.25, -0.2) is 9.97 Å². The van der Waals surface area contributed by atoms with E-state index in [1.54, 1.807) is 0 Å². The molecule has 2 heterocycles. The summed E-state index contributed by atoms with van der Waals surface area (Å²) >= 11 is 0. The Kier molecular flexibility index (Phi) is 3.39. The summed E-state index contributed by atoms with van der Waals surface area (Å²) in [6.07, 6.45) is 2.23. The van der Waals surface area contributed by atoms with Crippen molar-refractivity contribution in [1.29, 1.82) is 0 Å². The van der Waals surface area contributed by atoms with Gasteiger partial charge in [-0.3, -0.25) is 0 Å². The zero-order valence-electron chi connectivity index (χ0n) is 10.2. The number of anilines is 1. The topological polar surface area (TPSA) is 47.0 Å². The summed E-state index contributed by atoms with van der Waals surface area (Å²) in [7, 11) is 1.88. The number of hydrogen-bond donors (Lipinski definition) is 1. The maximum atomic E-state index is 5.62. The number of hydrogen-bond acceptors (Lipinski definition) is 4. The van der Waals surface area contributed by atoms with Crippen molar-refractivity contribution in [3.8, 4) is 0 Å². The van der Waals surface area contributed by atoms with Gasteiger partial charge in [0.2, 0.25) is 0 Å². The van der Waals surface area contributed by atoms with Crippen molar-refractivity contribution in [2.75, 3.05) is 19.0 Å². The molecule has 0 bridgehead atoms. The minimum atomic E-state index is 0.0887. The maximum absolute atomic E-state index is 5.62. The van der Waals surface area contributed by atoms with Crippen molar-refractivity contribution in [3.05, 3.63) is 17.6 Å². The Bertz CT molecular complexity index is 359. The summed E-state index contributed by atoms with van der Waals surface area (Å²) in [4.78, 5) is 9.06. The van der Waals surface area contributed by atoms with E-state index in [9.17, 15) is 0 Å². The van der Waals surface area contributed by atoms with Gasteiger partial charge in [-0.05, 0) is 18.8 Å². The first-order chi connectivity index (χ1) is 7.70. The Morgan fingerprint density at radius 3 is 2.81 bits per heavy atom. The minimum absolute atomic E-state index is 0.0887. The van der Waals surface area contributed by atoms with E-state index < -0.39 is 0 Å². The van der Waals surface area contributed by atoms with E-state index in [4.69, 9.17) is 4.74 Å². The zero-order valence-corrected chi connectivity index (χ0v) is 10.2. The molecule has 1 atom stereocenters. The van der Waals surface area contributed by atoms with E-state index in [-0.39, 0.29) is 6.10 Å². The van der Waals surface area contributed by atoms with Crippen LogP contribution in [0.4, 0.5) is 5.82 Å². The standard InChI is InChI=1S/C12H19N3O/c1-8(2)9-7-11(13-3)15-12(14-9)10-5-4-6-16-10/h7-8,10H,4-6H2,1-3H3,(H,13,14,15). The molecule has 1 aliphatic heterocycles. The van der Waals surface area contributed by atoms with E-state index in [0.29, 0.717) is 5.92 Å². The maximum Gasteiger partial charge on any atom is 0.159 e.